The second kappa shape index (κ2) is 14.2. The fraction of sp³-hybridized carbons (Fsp3) is 0.567. The number of ether oxygens (including phenoxy) is 5. The lowest BCUT2D eigenvalue weighted by molar-refractivity contribution is -0.145. The van der Waals surface area contributed by atoms with E-state index in [9.17, 15) is 18.3 Å². The Bertz CT molecular complexity index is 1320. The molecule has 3 aliphatic rings. The van der Waals surface area contributed by atoms with Crippen molar-refractivity contribution in [1.82, 2.24) is 9.79 Å². The number of aliphatic hydroxyl groups is 1. The summed E-state index contributed by atoms with van der Waals surface area (Å²) in [5.74, 6) is 0.561. The summed E-state index contributed by atoms with van der Waals surface area (Å²) in [6.45, 7) is 0.328. The zero-order valence-electron chi connectivity index (χ0n) is 24.4. The van der Waals surface area contributed by atoms with Crippen molar-refractivity contribution in [3.05, 3.63) is 54.1 Å². The molecule has 0 spiro atoms. The Kier molecular flexibility index (Phi) is 10.4. The lowest BCUT2D eigenvalue weighted by atomic mass is 10.0. The SMILES string of the molecule is COc1ccc(S(=O)(=O)N(C[C@@H](O)[C@H](Cc2ccccc2)NC(=O)O[C@@H]2COC3OCCC32)OC2CCCC2)cc1OC. The van der Waals surface area contributed by atoms with Crippen LogP contribution in [0.3, 0.4) is 0 Å². The summed E-state index contributed by atoms with van der Waals surface area (Å²) in [5.41, 5.74) is 0.839. The van der Waals surface area contributed by atoms with Gasteiger partial charge in [-0.3, -0.25) is 4.84 Å². The van der Waals surface area contributed by atoms with Gasteiger partial charge in [0.1, 0.15) is 6.10 Å². The van der Waals surface area contributed by atoms with Crippen LogP contribution in [0.15, 0.2) is 53.4 Å². The smallest absolute Gasteiger partial charge is 0.407 e. The van der Waals surface area contributed by atoms with E-state index in [2.05, 4.69) is 5.32 Å². The van der Waals surface area contributed by atoms with Crippen molar-refractivity contribution in [2.75, 3.05) is 34.0 Å². The molecule has 5 atom stereocenters. The standard InChI is InChI=1S/C30H40N2O10S/c1-37-26-13-12-22(17-27(26)38-2)43(35,36)32(42-21-10-6-7-11-21)18-25(33)24(16-20-8-4-3-5-9-20)31-30(34)41-28-19-40-29-23(28)14-15-39-29/h3-5,8-9,12-13,17,21,23-25,28-29,33H,6-7,10-11,14-16,18-19H2,1-2H3,(H,31,34)/t23?,24-,25+,28+,29?/m0/s1. The van der Waals surface area contributed by atoms with E-state index in [1.807, 2.05) is 30.3 Å². The fourth-order valence-corrected chi connectivity index (χ4v) is 7.07. The van der Waals surface area contributed by atoms with E-state index < -0.39 is 40.9 Å². The van der Waals surface area contributed by atoms with Crippen LogP contribution in [0, 0.1) is 5.92 Å². The highest BCUT2D eigenvalue weighted by Gasteiger charge is 2.44. The Hall–Kier alpha value is -2.94. The topological polar surface area (TPSA) is 142 Å². The molecule has 13 heteroatoms. The first kappa shape index (κ1) is 31.5. The highest BCUT2D eigenvalue weighted by Crippen LogP contribution is 2.34. The second-order valence-electron chi connectivity index (χ2n) is 11.0. The highest BCUT2D eigenvalue weighted by atomic mass is 32.2. The Morgan fingerprint density at radius 2 is 1.79 bits per heavy atom. The summed E-state index contributed by atoms with van der Waals surface area (Å²) in [4.78, 5) is 19.0. The second-order valence-corrected chi connectivity index (χ2v) is 12.8. The lowest BCUT2D eigenvalue weighted by Gasteiger charge is -2.31. The van der Waals surface area contributed by atoms with Crippen LogP contribution in [-0.2, 0) is 35.5 Å². The molecule has 5 rings (SSSR count). The zero-order valence-corrected chi connectivity index (χ0v) is 25.2. The van der Waals surface area contributed by atoms with E-state index >= 15 is 0 Å². The van der Waals surface area contributed by atoms with Crippen LogP contribution >= 0.6 is 0 Å². The number of rotatable bonds is 13. The van der Waals surface area contributed by atoms with Gasteiger partial charge in [-0.15, -0.1) is 0 Å². The Labute approximate surface area is 252 Å². The largest absolute Gasteiger partial charge is 0.493 e. The summed E-state index contributed by atoms with van der Waals surface area (Å²) in [7, 11) is -1.38. The Morgan fingerprint density at radius 1 is 1.05 bits per heavy atom. The minimum atomic E-state index is -4.26. The molecule has 0 aromatic heterocycles. The number of nitrogens with zero attached hydrogens (tertiary/aromatic N) is 1. The maximum Gasteiger partial charge on any atom is 0.407 e. The van der Waals surface area contributed by atoms with Crippen molar-refractivity contribution in [2.24, 2.45) is 5.92 Å². The van der Waals surface area contributed by atoms with Gasteiger partial charge in [-0.2, -0.15) is 0 Å². The van der Waals surface area contributed by atoms with Gasteiger partial charge in [0, 0.05) is 6.07 Å². The summed E-state index contributed by atoms with van der Waals surface area (Å²) in [5, 5.41) is 14.3. The third kappa shape index (κ3) is 7.59. The molecule has 12 nitrogen and oxygen atoms in total. The summed E-state index contributed by atoms with van der Waals surface area (Å²) in [6.07, 6.45) is 0.902. The third-order valence-corrected chi connectivity index (χ3v) is 9.76. The van der Waals surface area contributed by atoms with Gasteiger partial charge >= 0.3 is 6.09 Å². The number of hydrogen-bond acceptors (Lipinski definition) is 10. The molecule has 2 aromatic carbocycles. The van der Waals surface area contributed by atoms with Crippen molar-refractivity contribution in [1.29, 1.82) is 0 Å². The van der Waals surface area contributed by atoms with Crippen molar-refractivity contribution >= 4 is 16.1 Å². The number of aliphatic hydroxyl groups excluding tert-OH is 1. The van der Waals surface area contributed by atoms with Gasteiger partial charge in [0.15, 0.2) is 17.8 Å². The molecule has 2 unspecified atom stereocenters. The molecule has 0 bridgehead atoms. The Balaban J connectivity index is 1.36. The molecule has 0 radical (unpaired) electrons. The minimum absolute atomic E-state index is 0.0508. The van der Waals surface area contributed by atoms with E-state index in [1.165, 1.54) is 32.4 Å². The maximum absolute atomic E-state index is 13.9. The monoisotopic (exact) mass is 620 g/mol. The van der Waals surface area contributed by atoms with Crippen LogP contribution in [0.25, 0.3) is 0 Å². The molecule has 2 aromatic rings. The molecule has 2 N–H and O–H groups in total. The van der Waals surface area contributed by atoms with Gasteiger partial charge in [-0.25, -0.2) is 13.2 Å². The summed E-state index contributed by atoms with van der Waals surface area (Å²) in [6, 6.07) is 12.6. The first-order chi connectivity index (χ1) is 20.8. The number of nitrogens with one attached hydrogen (secondary N) is 1. The van der Waals surface area contributed by atoms with Crippen molar-refractivity contribution < 1.29 is 46.8 Å². The van der Waals surface area contributed by atoms with Crippen molar-refractivity contribution in [3.8, 4) is 11.5 Å². The number of hydrogen-bond donors (Lipinski definition) is 2. The molecular formula is C30H40N2O10S. The first-order valence-electron chi connectivity index (χ1n) is 14.6. The van der Waals surface area contributed by atoms with Crippen LogP contribution in [0.4, 0.5) is 4.79 Å². The van der Waals surface area contributed by atoms with Crippen molar-refractivity contribution in [3.63, 3.8) is 0 Å². The number of carbonyl (C=O) groups is 1. The Morgan fingerprint density at radius 3 is 2.51 bits per heavy atom. The quantitative estimate of drug-likeness (QED) is 0.321. The first-order valence-corrected chi connectivity index (χ1v) is 16.1. The molecule has 2 saturated heterocycles. The van der Waals surface area contributed by atoms with Crippen LogP contribution in [-0.4, -0.2) is 88.7 Å². The molecule has 2 heterocycles. The molecule has 236 valence electrons. The van der Waals surface area contributed by atoms with Gasteiger partial charge in [-0.1, -0.05) is 47.6 Å². The summed E-state index contributed by atoms with van der Waals surface area (Å²) >= 11 is 0. The number of carbonyl (C=O) groups excluding carboxylic acids is 1. The van der Waals surface area contributed by atoms with Crippen LogP contribution in [0.2, 0.25) is 0 Å². The molecule has 1 aliphatic carbocycles. The number of amides is 1. The molecule has 1 saturated carbocycles. The molecule has 2 aliphatic heterocycles. The third-order valence-electron chi connectivity index (χ3n) is 8.14. The van der Waals surface area contributed by atoms with E-state index in [0.717, 1.165) is 29.3 Å². The van der Waals surface area contributed by atoms with E-state index in [1.54, 1.807) is 0 Å². The number of fused-ring (bicyclic) bond motifs is 1. The molecule has 43 heavy (non-hydrogen) atoms. The maximum atomic E-state index is 13.9. The normalized spacial score (nSPS) is 23.6. The molecular weight excluding hydrogens is 580 g/mol. The highest BCUT2D eigenvalue weighted by molar-refractivity contribution is 7.89. The van der Waals surface area contributed by atoms with Crippen molar-refractivity contribution in [2.45, 2.75) is 74.1 Å². The van der Waals surface area contributed by atoms with Gasteiger partial charge in [0.25, 0.3) is 10.0 Å². The molecule has 1 amide bonds. The fourth-order valence-electron chi connectivity index (χ4n) is 5.75. The minimum Gasteiger partial charge on any atom is -0.493 e. The van der Waals surface area contributed by atoms with Crippen LogP contribution < -0.4 is 14.8 Å². The number of hydroxylamine groups is 1. The predicted octanol–water partition coefficient (Wildman–Crippen LogP) is 3.03. The summed E-state index contributed by atoms with van der Waals surface area (Å²) < 4.78 is 56.0. The number of alkyl carbamates (subject to hydrolysis) is 1. The van der Waals surface area contributed by atoms with E-state index in [-0.39, 0.29) is 42.0 Å². The van der Waals surface area contributed by atoms with E-state index in [0.29, 0.717) is 25.2 Å². The average Bonchev–Trinajstić information content (AvgIpc) is 3.77. The van der Waals surface area contributed by atoms with Gasteiger partial charge in [-0.05, 0) is 43.4 Å². The van der Waals surface area contributed by atoms with Crippen LogP contribution in [0.5, 0.6) is 11.5 Å². The van der Waals surface area contributed by atoms with Gasteiger partial charge in [0.05, 0.1) is 63.0 Å². The number of benzene rings is 2. The number of sulfonamides is 1. The number of methoxy groups -OCH3 is 2. The van der Waals surface area contributed by atoms with Crippen LogP contribution in [0.1, 0.15) is 37.7 Å². The predicted molar refractivity (Wildman–Crippen MR) is 154 cm³/mol. The average molecular weight is 621 g/mol. The van der Waals surface area contributed by atoms with Gasteiger partial charge < -0.3 is 34.1 Å². The van der Waals surface area contributed by atoms with Gasteiger partial charge in [0.2, 0.25) is 0 Å². The lowest BCUT2D eigenvalue weighted by Crippen LogP contribution is -2.51. The zero-order chi connectivity index (χ0) is 30.4. The van der Waals surface area contributed by atoms with E-state index in [4.69, 9.17) is 28.5 Å². The molecule has 3 fully saturated rings.